The predicted octanol–water partition coefficient (Wildman–Crippen LogP) is 3.53. The van der Waals surface area contributed by atoms with Crippen molar-refractivity contribution in [3.8, 4) is 5.69 Å². The van der Waals surface area contributed by atoms with Crippen LogP contribution in [0.3, 0.4) is 0 Å². The van der Waals surface area contributed by atoms with Crippen LogP contribution in [0, 0.1) is 17.0 Å². The largest absolute Gasteiger partial charge is 0.477 e. The zero-order valence-electron chi connectivity index (χ0n) is 13.2. The zero-order valence-corrected chi connectivity index (χ0v) is 13.2. The van der Waals surface area contributed by atoms with Crippen LogP contribution in [0.25, 0.3) is 5.69 Å². The molecule has 0 amide bonds. The number of carboxylic acids is 1. The van der Waals surface area contributed by atoms with Crippen LogP contribution in [-0.4, -0.2) is 25.8 Å². The normalized spacial score (nSPS) is 10.4. The minimum atomic E-state index is -1.11. The van der Waals surface area contributed by atoms with Crippen molar-refractivity contribution in [2.75, 3.05) is 5.32 Å². The molecule has 3 aromatic rings. The first kappa shape index (κ1) is 16.2. The summed E-state index contributed by atoms with van der Waals surface area (Å²) >= 11 is 0. The van der Waals surface area contributed by atoms with Crippen LogP contribution < -0.4 is 5.32 Å². The van der Waals surface area contributed by atoms with Crippen LogP contribution in [-0.2, 0) is 0 Å². The Labute approximate surface area is 142 Å². The number of hydrogen-bond donors (Lipinski definition) is 2. The number of benzene rings is 2. The van der Waals surface area contributed by atoms with E-state index < -0.39 is 10.9 Å². The number of aromatic carboxylic acids is 1. The van der Waals surface area contributed by atoms with E-state index in [0.29, 0.717) is 11.4 Å². The van der Waals surface area contributed by atoms with Crippen molar-refractivity contribution in [2.24, 2.45) is 0 Å². The van der Waals surface area contributed by atoms with Gasteiger partial charge >= 0.3 is 5.97 Å². The topological polar surface area (TPSA) is 110 Å². The molecular formula is C17H14N4O4. The lowest BCUT2D eigenvalue weighted by Gasteiger charge is -2.04. The molecule has 3 rings (SSSR count). The Bertz CT molecular complexity index is 933. The third-order valence-corrected chi connectivity index (χ3v) is 3.67. The number of para-hydroxylation sites is 1. The summed E-state index contributed by atoms with van der Waals surface area (Å²) in [5.41, 5.74) is 1.71. The molecule has 0 radical (unpaired) electrons. The predicted molar refractivity (Wildman–Crippen MR) is 91.6 cm³/mol. The lowest BCUT2D eigenvalue weighted by atomic mass is 10.2. The quantitative estimate of drug-likeness (QED) is 0.544. The number of non-ortho nitro benzene ring substituents is 1. The molecule has 0 aliphatic heterocycles. The summed E-state index contributed by atoms with van der Waals surface area (Å²) in [5, 5.41) is 27.5. The highest BCUT2D eigenvalue weighted by Crippen LogP contribution is 2.26. The maximum absolute atomic E-state index is 11.6. The average molecular weight is 338 g/mol. The van der Waals surface area contributed by atoms with Gasteiger partial charge in [-0.15, -0.1) is 5.10 Å². The molecule has 1 aromatic heterocycles. The number of aromatic nitrogens is 2. The van der Waals surface area contributed by atoms with E-state index in [4.69, 9.17) is 0 Å². The lowest BCUT2D eigenvalue weighted by Crippen LogP contribution is -2.03. The number of nitrogens with one attached hydrogen (secondary N) is 1. The fourth-order valence-corrected chi connectivity index (χ4v) is 2.47. The highest BCUT2D eigenvalue weighted by atomic mass is 16.6. The van der Waals surface area contributed by atoms with Crippen LogP contribution in [0.5, 0.6) is 0 Å². The van der Waals surface area contributed by atoms with E-state index in [1.807, 2.05) is 30.3 Å². The second kappa shape index (κ2) is 6.44. The van der Waals surface area contributed by atoms with Gasteiger partial charge < -0.3 is 10.4 Å². The molecule has 0 atom stereocenters. The summed E-state index contributed by atoms with van der Waals surface area (Å²) in [4.78, 5) is 21.8. The zero-order chi connectivity index (χ0) is 18.0. The molecular weight excluding hydrogens is 324 g/mol. The average Bonchev–Trinajstić information content (AvgIpc) is 2.92. The van der Waals surface area contributed by atoms with E-state index in [-0.39, 0.29) is 17.1 Å². The van der Waals surface area contributed by atoms with Gasteiger partial charge in [-0.05, 0) is 31.2 Å². The fourth-order valence-electron chi connectivity index (χ4n) is 2.47. The molecule has 8 nitrogen and oxygen atoms in total. The first-order valence-electron chi connectivity index (χ1n) is 7.37. The van der Waals surface area contributed by atoms with Crippen LogP contribution in [0.15, 0.2) is 54.6 Å². The summed E-state index contributed by atoms with van der Waals surface area (Å²) in [6.07, 6.45) is 0. The number of carbonyl (C=O) groups is 1. The van der Waals surface area contributed by atoms with Crippen LogP contribution >= 0.6 is 0 Å². The number of anilines is 2. The Balaban J connectivity index is 2.00. The van der Waals surface area contributed by atoms with Crippen LogP contribution in [0.2, 0.25) is 0 Å². The molecule has 0 aliphatic rings. The summed E-state index contributed by atoms with van der Waals surface area (Å²) in [5.74, 6) is -0.938. The fraction of sp³-hybridized carbons (Fsp3) is 0.0588. The van der Waals surface area contributed by atoms with Gasteiger partial charge in [-0.1, -0.05) is 18.2 Å². The van der Waals surface area contributed by atoms with Crippen molar-refractivity contribution in [1.82, 2.24) is 9.78 Å². The molecule has 25 heavy (non-hydrogen) atoms. The third kappa shape index (κ3) is 3.18. The summed E-state index contributed by atoms with van der Waals surface area (Å²) in [7, 11) is 0. The molecule has 126 valence electrons. The summed E-state index contributed by atoms with van der Waals surface area (Å²) < 4.78 is 1.54. The van der Waals surface area contributed by atoms with Gasteiger partial charge in [0.2, 0.25) is 0 Å². The lowest BCUT2D eigenvalue weighted by molar-refractivity contribution is -0.384. The Hall–Kier alpha value is -3.68. The SMILES string of the molecule is Cc1c(C(=O)O)c(Nc2ccc([N+](=O)[O-])cc2)nn1-c1ccccc1. The Morgan fingerprint density at radius 1 is 1.16 bits per heavy atom. The van der Waals surface area contributed by atoms with Gasteiger partial charge in [0.25, 0.3) is 5.69 Å². The van der Waals surface area contributed by atoms with E-state index in [1.165, 1.54) is 28.9 Å². The van der Waals surface area contributed by atoms with Crippen molar-refractivity contribution in [2.45, 2.75) is 6.92 Å². The van der Waals surface area contributed by atoms with Crippen LogP contribution in [0.4, 0.5) is 17.2 Å². The molecule has 0 unspecified atom stereocenters. The van der Waals surface area contributed by atoms with E-state index in [1.54, 1.807) is 6.92 Å². The first-order chi connectivity index (χ1) is 12.0. The Morgan fingerprint density at radius 2 is 1.80 bits per heavy atom. The van der Waals surface area contributed by atoms with E-state index >= 15 is 0 Å². The number of carboxylic acid groups (broad SMARTS) is 1. The van der Waals surface area contributed by atoms with Crippen molar-refractivity contribution in [3.63, 3.8) is 0 Å². The minimum Gasteiger partial charge on any atom is -0.477 e. The van der Waals surface area contributed by atoms with Crippen LogP contribution in [0.1, 0.15) is 16.1 Å². The Kier molecular flexibility index (Phi) is 4.17. The van der Waals surface area contributed by atoms with Gasteiger partial charge in [-0.2, -0.15) is 0 Å². The van der Waals surface area contributed by atoms with Crippen molar-refractivity contribution in [3.05, 3.63) is 76.0 Å². The molecule has 0 fully saturated rings. The maximum atomic E-state index is 11.6. The summed E-state index contributed by atoms with van der Waals surface area (Å²) in [6.45, 7) is 1.67. The second-order valence-electron chi connectivity index (χ2n) is 5.29. The standard InChI is InChI=1S/C17H14N4O4/c1-11-15(17(22)23)16(19-20(11)13-5-3-2-4-6-13)18-12-7-9-14(10-8-12)21(24)25/h2-10H,1H3,(H,18,19)(H,22,23). The van der Waals surface area contributed by atoms with Gasteiger partial charge in [0.05, 0.1) is 16.3 Å². The monoisotopic (exact) mass is 338 g/mol. The molecule has 0 bridgehead atoms. The number of rotatable bonds is 5. The van der Waals surface area contributed by atoms with Gasteiger partial charge in [0.1, 0.15) is 5.56 Å². The van der Waals surface area contributed by atoms with Crippen molar-refractivity contribution < 1.29 is 14.8 Å². The van der Waals surface area contributed by atoms with Crippen molar-refractivity contribution in [1.29, 1.82) is 0 Å². The number of hydrogen-bond acceptors (Lipinski definition) is 5. The van der Waals surface area contributed by atoms with Gasteiger partial charge in [-0.3, -0.25) is 10.1 Å². The second-order valence-corrected chi connectivity index (χ2v) is 5.29. The van der Waals surface area contributed by atoms with Gasteiger partial charge in [-0.25, -0.2) is 9.48 Å². The number of nitro groups is 1. The van der Waals surface area contributed by atoms with Crippen molar-refractivity contribution >= 4 is 23.2 Å². The van der Waals surface area contributed by atoms with E-state index in [0.717, 1.165) is 5.69 Å². The molecule has 0 aliphatic carbocycles. The highest BCUT2D eigenvalue weighted by molar-refractivity contribution is 5.95. The molecule has 8 heteroatoms. The molecule has 0 saturated heterocycles. The highest BCUT2D eigenvalue weighted by Gasteiger charge is 2.21. The molecule has 1 heterocycles. The minimum absolute atomic E-state index is 0.0437. The number of nitrogens with zero attached hydrogens (tertiary/aromatic N) is 3. The molecule has 0 saturated carbocycles. The molecule has 2 aromatic carbocycles. The third-order valence-electron chi connectivity index (χ3n) is 3.67. The number of nitro benzene ring substituents is 1. The maximum Gasteiger partial charge on any atom is 0.341 e. The first-order valence-corrected chi connectivity index (χ1v) is 7.37. The van der Waals surface area contributed by atoms with E-state index in [2.05, 4.69) is 10.4 Å². The summed E-state index contributed by atoms with van der Waals surface area (Å²) in [6, 6.07) is 14.8. The molecule has 0 spiro atoms. The van der Waals surface area contributed by atoms with Gasteiger partial charge in [0, 0.05) is 17.8 Å². The molecule has 2 N–H and O–H groups in total. The van der Waals surface area contributed by atoms with Gasteiger partial charge in [0.15, 0.2) is 5.82 Å². The van der Waals surface area contributed by atoms with E-state index in [9.17, 15) is 20.0 Å². The Morgan fingerprint density at radius 3 is 2.36 bits per heavy atom. The smallest absolute Gasteiger partial charge is 0.341 e.